The molecule has 0 aliphatic rings. The summed E-state index contributed by atoms with van der Waals surface area (Å²) in [6.07, 6.45) is -2.59. The van der Waals surface area contributed by atoms with Gasteiger partial charge in [-0.3, -0.25) is 0 Å². The van der Waals surface area contributed by atoms with E-state index in [0.29, 0.717) is 5.56 Å². The molecule has 0 N–H and O–H groups in total. The van der Waals surface area contributed by atoms with Gasteiger partial charge in [0.15, 0.2) is 9.84 Å². The lowest BCUT2D eigenvalue weighted by atomic mass is 10.1. The molecule has 0 bridgehead atoms. The minimum Gasteiger partial charge on any atom is -0.415 e. The van der Waals surface area contributed by atoms with Crippen molar-refractivity contribution in [1.29, 1.82) is 0 Å². The summed E-state index contributed by atoms with van der Waals surface area (Å²) < 4.78 is 68.5. The highest BCUT2D eigenvalue weighted by atomic mass is 32.2. The Labute approximate surface area is 146 Å². The van der Waals surface area contributed by atoms with Crippen molar-refractivity contribution < 1.29 is 26.0 Å². The summed E-state index contributed by atoms with van der Waals surface area (Å²) >= 11 is 0. The normalized spacial score (nSPS) is 12.3. The zero-order valence-electron chi connectivity index (χ0n) is 13.3. The third kappa shape index (κ3) is 3.30. The predicted octanol–water partition coefficient (Wildman–Crippen LogP) is 3.52. The van der Waals surface area contributed by atoms with E-state index in [-0.39, 0.29) is 16.3 Å². The van der Waals surface area contributed by atoms with Crippen molar-refractivity contribution in [2.24, 2.45) is 0 Å². The maximum Gasteiger partial charge on any atom is 0.424 e. The number of hydrogen-bond acceptors (Lipinski definition) is 4. The molecule has 0 unspecified atom stereocenters. The Hall–Kier alpha value is -2.81. The first kappa shape index (κ1) is 18.0. The maximum absolute atomic E-state index is 13.3. The summed E-state index contributed by atoms with van der Waals surface area (Å²) in [5.41, 5.74) is -0.953. The molecule has 2 aromatic carbocycles. The zero-order chi connectivity index (χ0) is 19.1. The number of halogens is 3. The van der Waals surface area contributed by atoms with Crippen LogP contribution >= 0.6 is 0 Å². The highest BCUT2D eigenvalue weighted by Crippen LogP contribution is 2.35. The lowest BCUT2D eigenvalue weighted by Gasteiger charge is -2.14. The quantitative estimate of drug-likeness (QED) is 0.694. The van der Waals surface area contributed by atoms with E-state index in [0.717, 1.165) is 29.2 Å². The van der Waals surface area contributed by atoms with Crippen LogP contribution in [-0.2, 0) is 16.0 Å². The molecule has 1 aromatic heterocycles. The number of sulfone groups is 1. The van der Waals surface area contributed by atoms with E-state index < -0.39 is 27.3 Å². The van der Waals surface area contributed by atoms with Gasteiger partial charge in [-0.1, -0.05) is 24.3 Å². The van der Waals surface area contributed by atoms with Crippen LogP contribution < -0.4 is 5.76 Å². The molecule has 136 valence electrons. The van der Waals surface area contributed by atoms with Crippen molar-refractivity contribution >= 4 is 9.84 Å². The summed E-state index contributed by atoms with van der Waals surface area (Å²) in [5.74, 6) is -0.983. The van der Waals surface area contributed by atoms with Crippen LogP contribution in [0.4, 0.5) is 13.2 Å². The molecule has 0 aliphatic heterocycles. The van der Waals surface area contributed by atoms with E-state index in [2.05, 4.69) is 0 Å². The van der Waals surface area contributed by atoms with Gasteiger partial charge >= 0.3 is 11.9 Å². The van der Waals surface area contributed by atoms with Crippen LogP contribution in [0.1, 0.15) is 5.56 Å². The number of hydrogen-bond donors (Lipinski definition) is 0. The molecule has 3 aromatic rings. The summed E-state index contributed by atoms with van der Waals surface area (Å²) in [7, 11) is -3.43. The smallest absolute Gasteiger partial charge is 0.415 e. The number of oxazole rings is 1. The molecule has 9 heteroatoms. The second kappa shape index (κ2) is 6.17. The third-order valence-corrected chi connectivity index (χ3v) is 4.85. The van der Waals surface area contributed by atoms with Gasteiger partial charge in [0.2, 0.25) is 0 Å². The average molecular weight is 383 g/mol. The molecular weight excluding hydrogens is 371 g/mol. The number of benzene rings is 2. The lowest BCUT2D eigenvalue weighted by Crippen LogP contribution is -2.18. The molecule has 0 amide bonds. The Balaban J connectivity index is 2.20. The minimum absolute atomic E-state index is 0.0503. The van der Waals surface area contributed by atoms with Crippen LogP contribution in [0, 0.1) is 0 Å². The van der Waals surface area contributed by atoms with Crippen LogP contribution in [0.25, 0.3) is 16.9 Å². The van der Waals surface area contributed by atoms with Crippen molar-refractivity contribution in [3.63, 3.8) is 0 Å². The fourth-order valence-electron chi connectivity index (χ4n) is 2.52. The molecule has 1 heterocycles. The molecule has 0 atom stereocenters. The van der Waals surface area contributed by atoms with E-state index >= 15 is 0 Å². The summed E-state index contributed by atoms with van der Waals surface area (Å²) in [5, 5.41) is 0. The number of alkyl halides is 3. The molecule has 0 radical (unpaired) electrons. The van der Waals surface area contributed by atoms with Crippen LogP contribution in [0.5, 0.6) is 0 Å². The molecule has 0 aliphatic carbocycles. The van der Waals surface area contributed by atoms with Gasteiger partial charge in [0.1, 0.15) is 6.26 Å². The fourth-order valence-corrected chi connectivity index (χ4v) is 3.15. The third-order valence-electron chi connectivity index (χ3n) is 3.72. The highest BCUT2D eigenvalue weighted by molar-refractivity contribution is 7.90. The SMILES string of the molecule is CS(=O)(=O)c1ccc(-c2coc(=O)n2-c2ccccc2C(F)(F)F)cc1. The highest BCUT2D eigenvalue weighted by Gasteiger charge is 2.34. The molecular formula is C17H12F3NO4S. The zero-order valence-corrected chi connectivity index (χ0v) is 14.1. The second-order valence-electron chi connectivity index (χ2n) is 5.53. The largest absolute Gasteiger partial charge is 0.424 e. The van der Waals surface area contributed by atoms with Gasteiger partial charge in [0.05, 0.1) is 21.8 Å². The van der Waals surface area contributed by atoms with Gasteiger partial charge < -0.3 is 4.42 Å². The first-order valence-corrected chi connectivity index (χ1v) is 9.16. The number of rotatable bonds is 3. The maximum atomic E-state index is 13.3. The van der Waals surface area contributed by atoms with Crippen molar-refractivity contribution in [2.45, 2.75) is 11.1 Å². The van der Waals surface area contributed by atoms with Crippen LogP contribution in [0.3, 0.4) is 0 Å². The van der Waals surface area contributed by atoms with E-state index in [4.69, 9.17) is 4.42 Å². The molecule has 3 rings (SSSR count). The molecule has 0 spiro atoms. The Morgan fingerprint density at radius 1 is 1.00 bits per heavy atom. The van der Waals surface area contributed by atoms with Crippen molar-refractivity contribution in [2.75, 3.05) is 6.26 Å². The summed E-state index contributed by atoms with van der Waals surface area (Å²) in [4.78, 5) is 12.1. The number of aromatic nitrogens is 1. The van der Waals surface area contributed by atoms with Gasteiger partial charge in [0.25, 0.3) is 0 Å². The summed E-state index contributed by atoms with van der Waals surface area (Å²) in [6.45, 7) is 0. The molecule has 0 saturated heterocycles. The van der Waals surface area contributed by atoms with Crippen LogP contribution in [0.15, 0.2) is 68.9 Å². The van der Waals surface area contributed by atoms with Crippen LogP contribution in [-0.4, -0.2) is 19.2 Å². The van der Waals surface area contributed by atoms with Gasteiger partial charge in [0, 0.05) is 11.8 Å². The van der Waals surface area contributed by atoms with Gasteiger partial charge in [-0.2, -0.15) is 13.2 Å². The predicted molar refractivity (Wildman–Crippen MR) is 87.9 cm³/mol. The Bertz CT molecular complexity index is 1110. The average Bonchev–Trinajstić information content (AvgIpc) is 2.95. The van der Waals surface area contributed by atoms with Crippen molar-refractivity contribution in [1.82, 2.24) is 4.57 Å². The molecule has 0 saturated carbocycles. The molecule has 5 nitrogen and oxygen atoms in total. The van der Waals surface area contributed by atoms with Crippen molar-refractivity contribution in [3.05, 3.63) is 70.9 Å². The Morgan fingerprint density at radius 3 is 2.19 bits per heavy atom. The molecule has 0 fully saturated rings. The summed E-state index contributed by atoms with van der Waals surface area (Å²) in [6, 6.07) is 10.0. The lowest BCUT2D eigenvalue weighted by molar-refractivity contribution is -0.137. The minimum atomic E-state index is -4.66. The molecule has 26 heavy (non-hydrogen) atoms. The van der Waals surface area contributed by atoms with E-state index in [9.17, 15) is 26.4 Å². The van der Waals surface area contributed by atoms with E-state index in [1.807, 2.05) is 0 Å². The van der Waals surface area contributed by atoms with E-state index in [1.54, 1.807) is 0 Å². The van der Waals surface area contributed by atoms with Gasteiger partial charge in [-0.05, 0) is 24.3 Å². The second-order valence-corrected chi connectivity index (χ2v) is 7.55. The first-order valence-electron chi connectivity index (χ1n) is 7.26. The number of nitrogens with zero attached hydrogens (tertiary/aromatic N) is 1. The van der Waals surface area contributed by atoms with Crippen molar-refractivity contribution in [3.8, 4) is 16.9 Å². The Morgan fingerprint density at radius 2 is 1.62 bits per heavy atom. The van der Waals surface area contributed by atoms with Gasteiger partial charge in [-0.25, -0.2) is 17.8 Å². The first-order chi connectivity index (χ1) is 12.1. The van der Waals surface area contributed by atoms with Crippen LogP contribution in [0.2, 0.25) is 0 Å². The van der Waals surface area contributed by atoms with Gasteiger partial charge in [-0.15, -0.1) is 0 Å². The standard InChI is InChI=1S/C17H12F3NO4S/c1-26(23,24)12-8-6-11(7-9-12)15-10-25-16(22)21(15)14-5-3-2-4-13(14)17(18,19)20/h2-10H,1H3. The topological polar surface area (TPSA) is 69.3 Å². The fraction of sp³-hybridized carbons (Fsp3) is 0.118. The van der Waals surface area contributed by atoms with E-state index in [1.165, 1.54) is 36.4 Å². The Kier molecular flexibility index (Phi) is 4.27. The monoisotopic (exact) mass is 383 g/mol. The number of para-hydroxylation sites is 1.